The number of pyridine rings is 1. The van der Waals surface area contributed by atoms with Crippen molar-refractivity contribution < 1.29 is 14.3 Å². The lowest BCUT2D eigenvalue weighted by Crippen LogP contribution is -2.28. The molecule has 0 aliphatic carbocycles. The fraction of sp³-hybridized carbons (Fsp3) is 0.0870. The molecule has 0 radical (unpaired) electrons. The third kappa shape index (κ3) is 5.96. The van der Waals surface area contributed by atoms with E-state index in [1.807, 2.05) is 25.1 Å². The Morgan fingerprint density at radius 1 is 1.00 bits per heavy atom. The van der Waals surface area contributed by atoms with Crippen LogP contribution in [-0.2, 0) is 9.53 Å². The van der Waals surface area contributed by atoms with Gasteiger partial charge in [0.2, 0.25) is 0 Å². The van der Waals surface area contributed by atoms with E-state index in [4.69, 9.17) is 4.74 Å². The Bertz CT molecular complexity index is 1030. The van der Waals surface area contributed by atoms with Crippen molar-refractivity contribution in [1.82, 2.24) is 10.3 Å². The van der Waals surface area contributed by atoms with Crippen LogP contribution in [0.3, 0.4) is 0 Å². The van der Waals surface area contributed by atoms with Crippen molar-refractivity contribution in [2.45, 2.75) is 16.8 Å². The van der Waals surface area contributed by atoms with Gasteiger partial charge in [0.1, 0.15) is 10.7 Å². The molecule has 0 fully saturated rings. The van der Waals surface area contributed by atoms with E-state index in [2.05, 4.69) is 39.9 Å². The largest absolute Gasteiger partial charge is 0.464 e. The predicted molar refractivity (Wildman–Crippen MR) is 117 cm³/mol. The predicted octanol–water partition coefficient (Wildman–Crippen LogP) is 4.40. The molecule has 0 saturated carbocycles. The molecule has 0 unspecified atom stereocenters. The van der Waals surface area contributed by atoms with Crippen molar-refractivity contribution in [3.63, 3.8) is 0 Å². The fourth-order valence-electron chi connectivity index (χ4n) is 2.45. The number of aryl methyl sites for hydroxylation is 1. The first-order valence-corrected chi connectivity index (χ1v) is 9.99. The van der Waals surface area contributed by atoms with Gasteiger partial charge in [0.05, 0.1) is 19.0 Å². The third-order valence-corrected chi connectivity index (χ3v) is 5.01. The van der Waals surface area contributed by atoms with Crippen LogP contribution in [0.5, 0.6) is 0 Å². The van der Waals surface area contributed by atoms with Gasteiger partial charge >= 0.3 is 5.97 Å². The van der Waals surface area contributed by atoms with Crippen LogP contribution >= 0.6 is 11.8 Å². The molecule has 0 atom stereocenters. The van der Waals surface area contributed by atoms with Gasteiger partial charge < -0.3 is 15.4 Å². The summed E-state index contributed by atoms with van der Waals surface area (Å²) in [5, 5.41) is 6.38. The zero-order chi connectivity index (χ0) is 21.3. The van der Waals surface area contributed by atoms with Gasteiger partial charge in [-0.1, -0.05) is 47.7 Å². The molecule has 7 heteroatoms. The summed E-state index contributed by atoms with van der Waals surface area (Å²) >= 11 is 1.56. The molecule has 1 aromatic heterocycles. The highest BCUT2D eigenvalue weighted by Gasteiger charge is 2.14. The number of methoxy groups -OCH3 is 1. The second-order valence-electron chi connectivity index (χ2n) is 6.31. The molecule has 30 heavy (non-hydrogen) atoms. The molecule has 1 amide bonds. The number of hydrogen-bond donors (Lipinski definition) is 2. The van der Waals surface area contributed by atoms with Crippen LogP contribution in [0, 0.1) is 6.92 Å². The number of nitrogens with zero attached hydrogens (tertiary/aromatic N) is 1. The zero-order valence-electron chi connectivity index (χ0n) is 16.6. The molecule has 0 bridgehead atoms. The molecule has 3 aromatic rings. The van der Waals surface area contributed by atoms with Crippen LogP contribution < -0.4 is 10.6 Å². The van der Waals surface area contributed by atoms with Gasteiger partial charge in [-0.3, -0.25) is 4.79 Å². The first kappa shape index (κ1) is 21.1. The number of carbonyl (C=O) groups is 2. The normalized spacial score (nSPS) is 10.9. The zero-order valence-corrected chi connectivity index (χ0v) is 17.4. The van der Waals surface area contributed by atoms with E-state index >= 15 is 0 Å². The summed E-state index contributed by atoms with van der Waals surface area (Å²) in [5.74, 6) is -1.07. The van der Waals surface area contributed by atoms with E-state index in [0.717, 1.165) is 9.92 Å². The average Bonchev–Trinajstić information content (AvgIpc) is 2.79. The number of amides is 1. The maximum absolute atomic E-state index is 12.3. The Morgan fingerprint density at radius 3 is 2.37 bits per heavy atom. The van der Waals surface area contributed by atoms with Gasteiger partial charge in [-0.05, 0) is 43.3 Å². The van der Waals surface area contributed by atoms with Crippen LogP contribution in [0.25, 0.3) is 0 Å². The molecule has 0 aliphatic heterocycles. The topological polar surface area (TPSA) is 80.3 Å². The molecule has 2 N–H and O–H groups in total. The van der Waals surface area contributed by atoms with Crippen LogP contribution in [0.15, 0.2) is 94.7 Å². The molecular formula is C23H21N3O3S. The summed E-state index contributed by atoms with van der Waals surface area (Å²) in [7, 11) is 1.25. The molecule has 152 valence electrons. The summed E-state index contributed by atoms with van der Waals surface area (Å²) in [4.78, 5) is 29.9. The van der Waals surface area contributed by atoms with Gasteiger partial charge in [-0.15, -0.1) is 0 Å². The average molecular weight is 420 g/mol. The number of carbonyl (C=O) groups excluding carboxylic acids is 2. The molecular weight excluding hydrogens is 398 g/mol. The van der Waals surface area contributed by atoms with E-state index in [9.17, 15) is 9.59 Å². The summed E-state index contributed by atoms with van der Waals surface area (Å²) in [6, 6.07) is 20.6. The summed E-state index contributed by atoms with van der Waals surface area (Å²) in [5.41, 5.74) is 2.30. The number of benzene rings is 2. The molecule has 3 rings (SSSR count). The number of hydrogen-bond acceptors (Lipinski definition) is 6. The summed E-state index contributed by atoms with van der Waals surface area (Å²) in [6.07, 6.45) is 3.04. The van der Waals surface area contributed by atoms with Crippen LogP contribution in [0.4, 0.5) is 5.69 Å². The first-order chi connectivity index (χ1) is 14.5. The highest BCUT2D eigenvalue weighted by Crippen LogP contribution is 2.26. The van der Waals surface area contributed by atoms with E-state index in [1.165, 1.54) is 18.9 Å². The number of aromatic nitrogens is 1. The molecule has 1 heterocycles. The van der Waals surface area contributed by atoms with Crippen LogP contribution in [-0.4, -0.2) is 24.0 Å². The highest BCUT2D eigenvalue weighted by atomic mass is 32.2. The Morgan fingerprint density at radius 2 is 1.73 bits per heavy atom. The Hall–Kier alpha value is -3.58. The minimum absolute atomic E-state index is 0.00976. The maximum atomic E-state index is 12.3. The lowest BCUT2D eigenvalue weighted by atomic mass is 10.2. The number of nitrogens with one attached hydrogen (secondary N) is 2. The van der Waals surface area contributed by atoms with Gasteiger partial charge in [0, 0.05) is 16.7 Å². The SMILES string of the molecule is COC(=O)C(=CNc1ccc(Sc2ccc(C)cc2)nc1)NC(=O)c1ccccc1. The Kier molecular flexibility index (Phi) is 7.24. The van der Waals surface area contributed by atoms with Crippen molar-refractivity contribution in [3.8, 4) is 0 Å². The number of rotatable bonds is 7. The monoisotopic (exact) mass is 419 g/mol. The van der Waals surface area contributed by atoms with Gasteiger partial charge in [-0.25, -0.2) is 9.78 Å². The van der Waals surface area contributed by atoms with Gasteiger partial charge in [-0.2, -0.15) is 0 Å². The third-order valence-electron chi connectivity index (χ3n) is 4.05. The van der Waals surface area contributed by atoms with Crippen molar-refractivity contribution >= 4 is 29.3 Å². The van der Waals surface area contributed by atoms with Crippen LogP contribution in [0.1, 0.15) is 15.9 Å². The van der Waals surface area contributed by atoms with Crippen LogP contribution in [0.2, 0.25) is 0 Å². The van der Waals surface area contributed by atoms with Gasteiger partial charge in [0.15, 0.2) is 0 Å². The minimum atomic E-state index is -0.661. The Labute approximate surface area is 179 Å². The second kappa shape index (κ2) is 10.3. The van der Waals surface area contributed by atoms with Crippen molar-refractivity contribution in [2.24, 2.45) is 0 Å². The fourth-order valence-corrected chi connectivity index (χ4v) is 3.20. The van der Waals surface area contributed by atoms with Crippen molar-refractivity contribution in [3.05, 3.63) is 96.0 Å². The maximum Gasteiger partial charge on any atom is 0.356 e. The lowest BCUT2D eigenvalue weighted by molar-refractivity contribution is -0.136. The van der Waals surface area contributed by atoms with E-state index in [-0.39, 0.29) is 5.70 Å². The lowest BCUT2D eigenvalue weighted by Gasteiger charge is -2.09. The molecule has 6 nitrogen and oxygen atoms in total. The van der Waals surface area contributed by atoms with Crippen molar-refractivity contribution in [2.75, 3.05) is 12.4 Å². The molecule has 2 aromatic carbocycles. The highest BCUT2D eigenvalue weighted by molar-refractivity contribution is 7.99. The number of ether oxygens (including phenoxy) is 1. The Balaban J connectivity index is 1.66. The summed E-state index contributed by atoms with van der Waals surface area (Å²) < 4.78 is 4.75. The smallest absolute Gasteiger partial charge is 0.356 e. The molecule has 0 aliphatic rings. The van der Waals surface area contributed by atoms with Crippen molar-refractivity contribution in [1.29, 1.82) is 0 Å². The number of anilines is 1. The van der Waals surface area contributed by atoms with Gasteiger partial charge in [0.25, 0.3) is 5.91 Å². The second-order valence-corrected chi connectivity index (χ2v) is 7.41. The molecule has 0 saturated heterocycles. The quantitative estimate of drug-likeness (QED) is 0.437. The molecule has 0 spiro atoms. The standard InChI is InChI=1S/C23H21N3O3S/c1-16-8-11-19(12-9-16)30-21-13-10-18(14-25-21)24-15-20(23(28)29-2)26-22(27)17-6-4-3-5-7-17/h3-15,24H,1-2H3,(H,26,27). The first-order valence-electron chi connectivity index (χ1n) is 9.17. The van der Waals surface area contributed by atoms with E-state index < -0.39 is 11.9 Å². The van der Waals surface area contributed by atoms with E-state index in [1.54, 1.807) is 42.2 Å². The summed E-state index contributed by atoms with van der Waals surface area (Å²) in [6.45, 7) is 2.05. The van der Waals surface area contributed by atoms with E-state index in [0.29, 0.717) is 11.3 Å². The number of esters is 1. The minimum Gasteiger partial charge on any atom is -0.464 e.